The highest BCUT2D eigenvalue weighted by Gasteiger charge is 2.14. The molecule has 0 aliphatic heterocycles. The predicted octanol–water partition coefficient (Wildman–Crippen LogP) is 4.29. The fourth-order valence-electron chi connectivity index (χ4n) is 2.02. The molecule has 1 aromatic heterocycles. The molecule has 1 N–H and O–H groups in total. The van der Waals surface area contributed by atoms with E-state index < -0.39 is 0 Å². The second-order valence-electron chi connectivity index (χ2n) is 4.75. The number of nitrogens with zero attached hydrogens (tertiary/aromatic N) is 1. The maximum atomic E-state index is 6.26. The smallest absolute Gasteiger partial charge is 0.142 e. The van der Waals surface area contributed by atoms with E-state index in [1.54, 1.807) is 6.07 Å². The zero-order valence-corrected chi connectivity index (χ0v) is 13.8. The summed E-state index contributed by atoms with van der Waals surface area (Å²) in [7, 11) is 0. The van der Waals surface area contributed by atoms with Crippen molar-refractivity contribution in [3.63, 3.8) is 0 Å². The average molecular weight is 329 g/mol. The van der Waals surface area contributed by atoms with Crippen molar-refractivity contribution in [3.8, 4) is 5.75 Å². The summed E-state index contributed by atoms with van der Waals surface area (Å²) < 4.78 is 11.0. The fraction of sp³-hybridized carbons (Fsp3) is 0.400. The standard InChI is InChI=1S/C15H18Cl2N2O2/c1-4-18-7-11-5-12(16)6-14(17)15(11)20-8-13-9(2)19-21-10(13)3/h5-6,18H,4,7-8H2,1-3H3. The zero-order chi connectivity index (χ0) is 15.4. The quantitative estimate of drug-likeness (QED) is 0.859. The van der Waals surface area contributed by atoms with Gasteiger partial charge < -0.3 is 14.6 Å². The van der Waals surface area contributed by atoms with Crippen LogP contribution in [0, 0.1) is 13.8 Å². The molecule has 1 heterocycles. The third-order valence-corrected chi connectivity index (χ3v) is 3.69. The first-order chi connectivity index (χ1) is 10.0. The summed E-state index contributed by atoms with van der Waals surface area (Å²) >= 11 is 12.3. The van der Waals surface area contributed by atoms with Crippen molar-refractivity contribution in [2.45, 2.75) is 33.9 Å². The van der Waals surface area contributed by atoms with E-state index in [2.05, 4.69) is 10.5 Å². The lowest BCUT2D eigenvalue weighted by molar-refractivity contribution is 0.298. The number of rotatable bonds is 6. The normalized spacial score (nSPS) is 10.9. The fourth-order valence-corrected chi connectivity index (χ4v) is 2.61. The van der Waals surface area contributed by atoms with Crippen molar-refractivity contribution < 1.29 is 9.26 Å². The van der Waals surface area contributed by atoms with Crippen LogP contribution in [0.25, 0.3) is 0 Å². The maximum Gasteiger partial charge on any atom is 0.142 e. The Hall–Kier alpha value is -1.23. The molecule has 2 rings (SSSR count). The van der Waals surface area contributed by atoms with Crippen molar-refractivity contribution >= 4 is 23.2 Å². The van der Waals surface area contributed by atoms with Crippen LogP contribution in [0.4, 0.5) is 0 Å². The van der Waals surface area contributed by atoms with Gasteiger partial charge in [-0.05, 0) is 32.5 Å². The monoisotopic (exact) mass is 328 g/mol. The first-order valence-corrected chi connectivity index (χ1v) is 7.51. The first kappa shape index (κ1) is 16.1. The van der Waals surface area contributed by atoms with Gasteiger partial charge in [0.15, 0.2) is 0 Å². The van der Waals surface area contributed by atoms with Crippen LogP contribution < -0.4 is 10.1 Å². The van der Waals surface area contributed by atoms with E-state index in [1.807, 2.05) is 26.8 Å². The number of hydrogen-bond acceptors (Lipinski definition) is 4. The second-order valence-corrected chi connectivity index (χ2v) is 5.59. The van der Waals surface area contributed by atoms with E-state index in [4.69, 9.17) is 32.5 Å². The molecular weight excluding hydrogens is 311 g/mol. The molecule has 4 nitrogen and oxygen atoms in total. The third kappa shape index (κ3) is 3.90. The third-order valence-electron chi connectivity index (χ3n) is 3.19. The van der Waals surface area contributed by atoms with Crippen LogP contribution in [-0.4, -0.2) is 11.7 Å². The van der Waals surface area contributed by atoms with Gasteiger partial charge in [0.05, 0.1) is 16.3 Å². The number of hydrogen-bond donors (Lipinski definition) is 1. The van der Waals surface area contributed by atoms with E-state index in [0.29, 0.717) is 28.9 Å². The maximum absolute atomic E-state index is 6.26. The highest BCUT2D eigenvalue weighted by atomic mass is 35.5. The SMILES string of the molecule is CCNCc1cc(Cl)cc(Cl)c1OCc1c(C)noc1C. The summed E-state index contributed by atoms with van der Waals surface area (Å²) in [5.41, 5.74) is 2.70. The van der Waals surface area contributed by atoms with E-state index in [9.17, 15) is 0 Å². The Morgan fingerprint density at radius 2 is 2.05 bits per heavy atom. The summed E-state index contributed by atoms with van der Waals surface area (Å²) in [6.45, 7) is 7.65. The van der Waals surface area contributed by atoms with Gasteiger partial charge in [0.1, 0.15) is 18.1 Å². The minimum absolute atomic E-state index is 0.363. The summed E-state index contributed by atoms with van der Waals surface area (Å²) in [6.07, 6.45) is 0. The molecule has 0 spiro atoms. The molecule has 0 fully saturated rings. The summed E-state index contributed by atoms with van der Waals surface area (Å²) in [6, 6.07) is 3.54. The van der Waals surface area contributed by atoms with Gasteiger partial charge in [-0.25, -0.2) is 0 Å². The highest BCUT2D eigenvalue weighted by Crippen LogP contribution is 2.33. The molecule has 0 aliphatic carbocycles. The summed E-state index contributed by atoms with van der Waals surface area (Å²) in [5.74, 6) is 1.40. The highest BCUT2D eigenvalue weighted by molar-refractivity contribution is 6.35. The van der Waals surface area contributed by atoms with Crippen molar-refractivity contribution in [1.82, 2.24) is 10.5 Å². The number of benzene rings is 1. The minimum Gasteiger partial charge on any atom is -0.487 e. The largest absolute Gasteiger partial charge is 0.487 e. The van der Waals surface area contributed by atoms with Gasteiger partial charge in [-0.2, -0.15) is 0 Å². The van der Waals surface area contributed by atoms with E-state index in [1.165, 1.54) is 0 Å². The number of halogens is 2. The molecule has 1 aromatic carbocycles. The number of aryl methyl sites for hydroxylation is 2. The molecule has 114 valence electrons. The van der Waals surface area contributed by atoms with E-state index >= 15 is 0 Å². The van der Waals surface area contributed by atoms with E-state index in [-0.39, 0.29) is 0 Å². The van der Waals surface area contributed by atoms with Gasteiger partial charge in [-0.15, -0.1) is 0 Å². The molecule has 0 bridgehead atoms. The van der Waals surface area contributed by atoms with Crippen LogP contribution in [0.3, 0.4) is 0 Å². The van der Waals surface area contributed by atoms with E-state index in [0.717, 1.165) is 29.1 Å². The van der Waals surface area contributed by atoms with Crippen molar-refractivity contribution in [2.75, 3.05) is 6.54 Å². The van der Waals surface area contributed by atoms with Gasteiger partial charge >= 0.3 is 0 Å². The van der Waals surface area contributed by atoms with Crippen molar-refractivity contribution in [1.29, 1.82) is 0 Å². The van der Waals surface area contributed by atoms with Crippen molar-refractivity contribution in [3.05, 3.63) is 44.8 Å². The van der Waals surface area contributed by atoms with Crippen LogP contribution in [0.5, 0.6) is 5.75 Å². The Kier molecular flexibility index (Phi) is 5.51. The molecule has 0 amide bonds. The Morgan fingerprint density at radius 1 is 1.29 bits per heavy atom. The van der Waals surface area contributed by atoms with Crippen LogP contribution >= 0.6 is 23.2 Å². The van der Waals surface area contributed by atoms with Gasteiger partial charge in [-0.3, -0.25) is 0 Å². The van der Waals surface area contributed by atoms with Crippen LogP contribution in [-0.2, 0) is 13.2 Å². The molecule has 0 saturated carbocycles. The topological polar surface area (TPSA) is 47.3 Å². The average Bonchev–Trinajstić information content (AvgIpc) is 2.75. The lowest BCUT2D eigenvalue weighted by Crippen LogP contribution is -2.13. The van der Waals surface area contributed by atoms with Crippen LogP contribution in [0.15, 0.2) is 16.7 Å². The molecule has 0 aliphatic rings. The summed E-state index contributed by atoms with van der Waals surface area (Å²) in [4.78, 5) is 0. The Labute approximate surface area is 134 Å². The lowest BCUT2D eigenvalue weighted by atomic mass is 10.2. The number of aromatic nitrogens is 1. The first-order valence-electron chi connectivity index (χ1n) is 6.76. The number of ether oxygens (including phenoxy) is 1. The molecule has 0 unspecified atom stereocenters. The Bertz CT molecular complexity index is 607. The van der Waals surface area contributed by atoms with Crippen LogP contribution in [0.1, 0.15) is 29.5 Å². The summed E-state index contributed by atoms with van der Waals surface area (Å²) in [5, 5.41) is 8.26. The Morgan fingerprint density at radius 3 is 2.67 bits per heavy atom. The lowest BCUT2D eigenvalue weighted by Gasteiger charge is -2.14. The molecule has 21 heavy (non-hydrogen) atoms. The Balaban J connectivity index is 2.22. The molecule has 6 heteroatoms. The predicted molar refractivity (Wildman–Crippen MR) is 84.2 cm³/mol. The molecule has 0 atom stereocenters. The zero-order valence-electron chi connectivity index (χ0n) is 12.3. The molecule has 0 saturated heterocycles. The number of nitrogens with one attached hydrogen (secondary N) is 1. The van der Waals surface area contributed by atoms with Gasteiger partial charge in [-0.1, -0.05) is 35.3 Å². The van der Waals surface area contributed by atoms with Gasteiger partial charge in [0.2, 0.25) is 0 Å². The van der Waals surface area contributed by atoms with Gasteiger partial charge in [0.25, 0.3) is 0 Å². The minimum atomic E-state index is 0.363. The van der Waals surface area contributed by atoms with Gasteiger partial charge in [0, 0.05) is 17.1 Å². The van der Waals surface area contributed by atoms with Crippen molar-refractivity contribution in [2.24, 2.45) is 0 Å². The van der Waals surface area contributed by atoms with Crippen LogP contribution in [0.2, 0.25) is 10.0 Å². The molecule has 0 radical (unpaired) electrons. The molecular formula is C15H18Cl2N2O2. The second kappa shape index (κ2) is 7.16. The molecule has 2 aromatic rings.